The van der Waals surface area contributed by atoms with Gasteiger partial charge in [0.15, 0.2) is 0 Å². The van der Waals surface area contributed by atoms with Crippen molar-refractivity contribution in [2.75, 3.05) is 18.1 Å². The zero-order valence-corrected chi connectivity index (χ0v) is 8.13. The Morgan fingerprint density at radius 3 is 2.86 bits per heavy atom. The molecule has 0 radical (unpaired) electrons. The first-order valence-corrected chi connectivity index (χ1v) is 5.06. The third-order valence-corrected chi connectivity index (χ3v) is 2.65. The summed E-state index contributed by atoms with van der Waals surface area (Å²) in [5, 5.41) is 9.23. The average Bonchev–Trinajstić information content (AvgIpc) is 2.30. The maximum absolute atomic E-state index is 9.23. The molecule has 0 bridgehead atoms. The molecule has 0 spiro atoms. The summed E-state index contributed by atoms with van der Waals surface area (Å²) < 4.78 is 0. The Morgan fingerprint density at radius 1 is 1.36 bits per heavy atom. The minimum Gasteiger partial charge on any atom is -0.394 e. The van der Waals surface area contributed by atoms with Crippen LogP contribution in [0.2, 0.25) is 0 Å². The van der Waals surface area contributed by atoms with Crippen molar-refractivity contribution in [1.82, 2.24) is 9.97 Å². The van der Waals surface area contributed by atoms with Crippen LogP contribution in [0.3, 0.4) is 0 Å². The first kappa shape index (κ1) is 9.40. The molecule has 76 valence electrons. The van der Waals surface area contributed by atoms with Crippen LogP contribution >= 0.6 is 0 Å². The Bertz CT molecular complexity index is 278. The minimum atomic E-state index is 0.193. The highest BCUT2D eigenvalue weighted by Gasteiger charge is 2.23. The predicted molar refractivity (Wildman–Crippen MR) is 54.1 cm³/mol. The Morgan fingerprint density at radius 2 is 2.14 bits per heavy atom. The van der Waals surface area contributed by atoms with E-state index in [2.05, 4.69) is 14.9 Å². The summed E-state index contributed by atoms with van der Waals surface area (Å²) in [6, 6.07) is 2.01. The van der Waals surface area contributed by atoms with Crippen LogP contribution in [0, 0.1) is 0 Å². The van der Waals surface area contributed by atoms with Gasteiger partial charge in [-0.25, -0.2) is 9.97 Å². The van der Waals surface area contributed by atoms with Gasteiger partial charge in [0.05, 0.1) is 12.6 Å². The van der Waals surface area contributed by atoms with Gasteiger partial charge < -0.3 is 10.0 Å². The van der Waals surface area contributed by atoms with Crippen molar-refractivity contribution in [2.45, 2.75) is 25.3 Å². The van der Waals surface area contributed by atoms with E-state index in [1.54, 1.807) is 18.5 Å². The van der Waals surface area contributed by atoms with E-state index in [0.29, 0.717) is 0 Å². The zero-order valence-electron chi connectivity index (χ0n) is 8.13. The number of hydrogen-bond donors (Lipinski definition) is 1. The summed E-state index contributed by atoms with van der Waals surface area (Å²) in [6.07, 6.45) is 6.87. The Kier molecular flexibility index (Phi) is 2.93. The molecule has 1 aromatic heterocycles. The second kappa shape index (κ2) is 4.37. The molecule has 4 nitrogen and oxygen atoms in total. The SMILES string of the molecule is OC[C@H]1CCCCN1c1ncccn1. The number of rotatable bonds is 2. The van der Waals surface area contributed by atoms with Gasteiger partial charge in [0.25, 0.3) is 0 Å². The topological polar surface area (TPSA) is 49.2 Å². The molecule has 0 aromatic carbocycles. The normalized spacial score (nSPS) is 22.4. The maximum atomic E-state index is 9.23. The lowest BCUT2D eigenvalue weighted by Crippen LogP contribution is -2.42. The average molecular weight is 193 g/mol. The van der Waals surface area contributed by atoms with E-state index < -0.39 is 0 Å². The van der Waals surface area contributed by atoms with Gasteiger partial charge in [-0.05, 0) is 25.3 Å². The van der Waals surface area contributed by atoms with E-state index in [4.69, 9.17) is 0 Å². The molecule has 0 amide bonds. The van der Waals surface area contributed by atoms with E-state index in [-0.39, 0.29) is 12.6 Å². The van der Waals surface area contributed by atoms with Crippen LogP contribution in [-0.4, -0.2) is 34.3 Å². The number of aliphatic hydroxyl groups excluding tert-OH is 1. The molecule has 1 N–H and O–H groups in total. The van der Waals surface area contributed by atoms with Crippen LogP contribution < -0.4 is 4.90 Å². The molecule has 1 aliphatic heterocycles. The fourth-order valence-corrected chi connectivity index (χ4v) is 1.89. The van der Waals surface area contributed by atoms with Gasteiger partial charge in [-0.15, -0.1) is 0 Å². The van der Waals surface area contributed by atoms with Crippen molar-refractivity contribution in [3.05, 3.63) is 18.5 Å². The van der Waals surface area contributed by atoms with E-state index in [1.807, 2.05) is 0 Å². The smallest absolute Gasteiger partial charge is 0.225 e. The molecule has 1 saturated heterocycles. The summed E-state index contributed by atoms with van der Waals surface area (Å²) in [5.41, 5.74) is 0. The van der Waals surface area contributed by atoms with Crippen LogP contribution in [0.1, 0.15) is 19.3 Å². The first-order chi connectivity index (χ1) is 6.92. The fraction of sp³-hybridized carbons (Fsp3) is 0.600. The Labute approximate surface area is 83.6 Å². The second-order valence-electron chi connectivity index (χ2n) is 3.57. The van der Waals surface area contributed by atoms with Gasteiger partial charge in [0, 0.05) is 18.9 Å². The van der Waals surface area contributed by atoms with E-state index in [9.17, 15) is 5.11 Å². The van der Waals surface area contributed by atoms with Gasteiger partial charge in [-0.1, -0.05) is 0 Å². The molecule has 1 aliphatic rings. The van der Waals surface area contributed by atoms with Gasteiger partial charge in [-0.2, -0.15) is 0 Å². The van der Waals surface area contributed by atoms with Gasteiger partial charge >= 0.3 is 0 Å². The largest absolute Gasteiger partial charge is 0.394 e. The highest BCUT2D eigenvalue weighted by molar-refractivity contribution is 5.31. The third kappa shape index (κ3) is 1.85. The molecule has 1 fully saturated rings. The number of piperidine rings is 1. The van der Waals surface area contributed by atoms with Crippen molar-refractivity contribution < 1.29 is 5.11 Å². The lowest BCUT2D eigenvalue weighted by molar-refractivity contribution is 0.239. The molecule has 0 unspecified atom stereocenters. The molecular formula is C10H15N3O. The van der Waals surface area contributed by atoms with Crippen molar-refractivity contribution in [3.8, 4) is 0 Å². The predicted octanol–water partition coefficient (Wildman–Crippen LogP) is 0.828. The van der Waals surface area contributed by atoms with Gasteiger partial charge in [0.1, 0.15) is 0 Å². The lowest BCUT2D eigenvalue weighted by Gasteiger charge is -2.34. The summed E-state index contributed by atoms with van der Waals surface area (Å²) >= 11 is 0. The highest BCUT2D eigenvalue weighted by Crippen LogP contribution is 2.20. The number of hydrogen-bond acceptors (Lipinski definition) is 4. The van der Waals surface area contributed by atoms with Gasteiger partial charge in [0.2, 0.25) is 5.95 Å². The van der Waals surface area contributed by atoms with Gasteiger partial charge in [-0.3, -0.25) is 0 Å². The Hall–Kier alpha value is -1.16. The standard InChI is InChI=1S/C10H15N3O/c14-8-9-4-1-2-7-13(9)10-11-5-3-6-12-10/h3,5-6,9,14H,1-2,4,7-8H2/t9-/m1/s1. The first-order valence-electron chi connectivity index (χ1n) is 5.06. The summed E-state index contributed by atoms with van der Waals surface area (Å²) in [4.78, 5) is 10.5. The second-order valence-corrected chi connectivity index (χ2v) is 3.57. The van der Waals surface area contributed by atoms with Crippen LogP contribution in [-0.2, 0) is 0 Å². The number of aliphatic hydroxyl groups is 1. The highest BCUT2D eigenvalue weighted by atomic mass is 16.3. The number of nitrogens with zero attached hydrogens (tertiary/aromatic N) is 3. The minimum absolute atomic E-state index is 0.193. The van der Waals surface area contributed by atoms with Crippen molar-refractivity contribution in [1.29, 1.82) is 0 Å². The van der Waals surface area contributed by atoms with E-state index in [1.165, 1.54) is 6.42 Å². The van der Waals surface area contributed by atoms with Crippen LogP contribution in [0.5, 0.6) is 0 Å². The maximum Gasteiger partial charge on any atom is 0.225 e. The molecule has 4 heteroatoms. The van der Waals surface area contributed by atoms with Crippen LogP contribution in [0.15, 0.2) is 18.5 Å². The summed E-state index contributed by atoms with van der Waals surface area (Å²) in [6.45, 7) is 1.15. The monoisotopic (exact) mass is 193 g/mol. The van der Waals surface area contributed by atoms with Crippen LogP contribution in [0.4, 0.5) is 5.95 Å². The lowest BCUT2D eigenvalue weighted by atomic mass is 10.0. The van der Waals surface area contributed by atoms with Crippen molar-refractivity contribution >= 4 is 5.95 Å². The third-order valence-electron chi connectivity index (χ3n) is 2.65. The molecule has 0 aliphatic carbocycles. The Balaban J connectivity index is 2.15. The van der Waals surface area contributed by atoms with E-state index >= 15 is 0 Å². The summed E-state index contributed by atoms with van der Waals surface area (Å²) in [5.74, 6) is 0.742. The fourth-order valence-electron chi connectivity index (χ4n) is 1.89. The van der Waals surface area contributed by atoms with Crippen molar-refractivity contribution in [3.63, 3.8) is 0 Å². The van der Waals surface area contributed by atoms with E-state index in [0.717, 1.165) is 25.3 Å². The zero-order chi connectivity index (χ0) is 9.80. The quantitative estimate of drug-likeness (QED) is 0.755. The molecule has 1 aromatic rings. The number of aromatic nitrogens is 2. The molecule has 2 rings (SSSR count). The molecule has 14 heavy (non-hydrogen) atoms. The molecule has 2 heterocycles. The molecule has 1 atom stereocenters. The molecule has 0 saturated carbocycles. The number of anilines is 1. The van der Waals surface area contributed by atoms with Crippen molar-refractivity contribution in [2.24, 2.45) is 0 Å². The summed E-state index contributed by atoms with van der Waals surface area (Å²) in [7, 11) is 0. The molecular weight excluding hydrogens is 178 g/mol. The van der Waals surface area contributed by atoms with Crippen LogP contribution in [0.25, 0.3) is 0 Å².